The molecule has 0 saturated heterocycles. The Labute approximate surface area is 154 Å². The molecule has 0 spiro atoms. The van der Waals surface area contributed by atoms with Crippen LogP contribution in [0.4, 0.5) is 0 Å². The van der Waals surface area contributed by atoms with Gasteiger partial charge in [0.25, 0.3) is 0 Å². The highest BCUT2D eigenvalue weighted by molar-refractivity contribution is 4.49. The van der Waals surface area contributed by atoms with Crippen molar-refractivity contribution in [3.63, 3.8) is 0 Å². The second-order valence-corrected chi connectivity index (χ2v) is 6.01. The predicted molar refractivity (Wildman–Crippen MR) is 100 cm³/mol. The molecule has 0 fully saturated rings. The van der Waals surface area contributed by atoms with E-state index in [2.05, 4.69) is 31.4 Å². The summed E-state index contributed by atoms with van der Waals surface area (Å²) in [6, 6.07) is 0. The molecule has 0 unspecified atom stereocenters. The zero-order chi connectivity index (χ0) is 18.4. The van der Waals surface area contributed by atoms with Crippen molar-refractivity contribution in [2.45, 2.75) is 20.8 Å². The molecule has 0 aromatic heterocycles. The SMILES string of the molecule is CCNCCOCCOCCOCCOCCOCCNCC(C)C. The van der Waals surface area contributed by atoms with Crippen molar-refractivity contribution < 1.29 is 23.7 Å². The summed E-state index contributed by atoms with van der Waals surface area (Å²) in [5, 5.41) is 6.53. The topological polar surface area (TPSA) is 70.2 Å². The summed E-state index contributed by atoms with van der Waals surface area (Å²) < 4.78 is 27.1. The van der Waals surface area contributed by atoms with Gasteiger partial charge in [-0.3, -0.25) is 0 Å². The van der Waals surface area contributed by atoms with Gasteiger partial charge in [0.15, 0.2) is 0 Å². The van der Waals surface area contributed by atoms with Crippen LogP contribution in [0.15, 0.2) is 0 Å². The van der Waals surface area contributed by atoms with E-state index in [1.807, 2.05) is 0 Å². The Kier molecular flexibility index (Phi) is 21.5. The molecule has 0 aliphatic rings. The lowest BCUT2D eigenvalue weighted by Gasteiger charge is -2.09. The average molecular weight is 365 g/mol. The molecule has 2 N–H and O–H groups in total. The third-order valence-corrected chi connectivity index (χ3v) is 3.14. The molecule has 0 aromatic carbocycles. The van der Waals surface area contributed by atoms with E-state index >= 15 is 0 Å². The van der Waals surface area contributed by atoms with Gasteiger partial charge >= 0.3 is 0 Å². The highest BCUT2D eigenvalue weighted by Gasteiger charge is 1.95. The quantitative estimate of drug-likeness (QED) is 0.294. The summed E-state index contributed by atoms with van der Waals surface area (Å²) >= 11 is 0. The first-order valence-electron chi connectivity index (χ1n) is 9.57. The lowest BCUT2D eigenvalue weighted by molar-refractivity contribution is -0.0105. The fourth-order valence-electron chi connectivity index (χ4n) is 1.84. The van der Waals surface area contributed by atoms with Crippen molar-refractivity contribution in [3.05, 3.63) is 0 Å². The standard InChI is InChI=1S/C18H40N2O5/c1-4-19-5-7-21-9-11-23-13-15-25-16-14-24-12-10-22-8-6-20-17-18(2)3/h18-20H,4-17H2,1-3H3. The van der Waals surface area contributed by atoms with Gasteiger partial charge in [-0.2, -0.15) is 0 Å². The van der Waals surface area contributed by atoms with Crippen molar-refractivity contribution in [1.82, 2.24) is 10.6 Å². The molecular weight excluding hydrogens is 324 g/mol. The van der Waals surface area contributed by atoms with Gasteiger partial charge in [-0.25, -0.2) is 0 Å². The minimum absolute atomic E-state index is 0.582. The fourth-order valence-corrected chi connectivity index (χ4v) is 1.84. The molecule has 0 aliphatic carbocycles. The van der Waals surface area contributed by atoms with Crippen molar-refractivity contribution in [1.29, 1.82) is 0 Å². The van der Waals surface area contributed by atoms with Crippen molar-refractivity contribution in [2.24, 2.45) is 5.92 Å². The van der Waals surface area contributed by atoms with Crippen molar-refractivity contribution >= 4 is 0 Å². The lowest BCUT2D eigenvalue weighted by Crippen LogP contribution is -2.24. The van der Waals surface area contributed by atoms with E-state index in [0.717, 1.165) is 39.4 Å². The third kappa shape index (κ3) is 23.7. The molecule has 25 heavy (non-hydrogen) atoms. The maximum absolute atomic E-state index is 5.46. The maximum Gasteiger partial charge on any atom is 0.0701 e. The Hall–Kier alpha value is -0.280. The number of ether oxygens (including phenoxy) is 5. The van der Waals surface area contributed by atoms with Crippen LogP contribution in [0.3, 0.4) is 0 Å². The zero-order valence-electron chi connectivity index (χ0n) is 16.5. The van der Waals surface area contributed by atoms with Gasteiger partial charge in [0.1, 0.15) is 0 Å². The van der Waals surface area contributed by atoms with E-state index in [4.69, 9.17) is 23.7 Å². The van der Waals surface area contributed by atoms with Gasteiger partial charge in [-0.1, -0.05) is 20.8 Å². The minimum atomic E-state index is 0.582. The van der Waals surface area contributed by atoms with Gasteiger partial charge in [-0.05, 0) is 19.0 Å². The lowest BCUT2D eigenvalue weighted by atomic mass is 10.2. The molecule has 0 saturated carbocycles. The molecule has 0 bridgehead atoms. The molecule has 0 heterocycles. The van der Waals surface area contributed by atoms with Gasteiger partial charge in [0.05, 0.1) is 66.1 Å². The van der Waals surface area contributed by atoms with E-state index in [0.29, 0.717) is 58.8 Å². The molecule has 7 nitrogen and oxygen atoms in total. The molecule has 0 aromatic rings. The van der Waals surface area contributed by atoms with Gasteiger partial charge in [-0.15, -0.1) is 0 Å². The van der Waals surface area contributed by atoms with E-state index in [-0.39, 0.29) is 0 Å². The maximum atomic E-state index is 5.46. The average Bonchev–Trinajstić information content (AvgIpc) is 2.60. The summed E-state index contributed by atoms with van der Waals surface area (Å²) in [4.78, 5) is 0. The fraction of sp³-hybridized carbons (Fsp3) is 1.00. The van der Waals surface area contributed by atoms with E-state index in [9.17, 15) is 0 Å². The first-order valence-corrected chi connectivity index (χ1v) is 9.57. The summed E-state index contributed by atoms with van der Waals surface area (Å²) in [6.45, 7) is 16.5. The summed E-state index contributed by atoms with van der Waals surface area (Å²) in [5.74, 6) is 0.676. The van der Waals surface area contributed by atoms with Crippen LogP contribution in [0.2, 0.25) is 0 Å². The number of rotatable bonds is 21. The third-order valence-electron chi connectivity index (χ3n) is 3.14. The van der Waals surface area contributed by atoms with Crippen LogP contribution in [0, 0.1) is 5.92 Å². The Morgan fingerprint density at radius 1 is 0.560 bits per heavy atom. The van der Waals surface area contributed by atoms with Crippen molar-refractivity contribution in [3.8, 4) is 0 Å². The first kappa shape index (κ1) is 24.7. The van der Waals surface area contributed by atoms with Crippen LogP contribution < -0.4 is 10.6 Å². The second-order valence-electron chi connectivity index (χ2n) is 6.01. The molecular formula is C18H40N2O5. The van der Waals surface area contributed by atoms with Crippen LogP contribution in [-0.2, 0) is 23.7 Å². The second kappa shape index (κ2) is 21.8. The van der Waals surface area contributed by atoms with E-state index < -0.39 is 0 Å². The Morgan fingerprint density at radius 2 is 0.920 bits per heavy atom. The van der Waals surface area contributed by atoms with Crippen LogP contribution >= 0.6 is 0 Å². The molecule has 0 atom stereocenters. The molecule has 0 radical (unpaired) electrons. The summed E-state index contributed by atoms with van der Waals surface area (Å²) in [5.41, 5.74) is 0. The Bertz CT molecular complexity index is 246. The van der Waals surface area contributed by atoms with Gasteiger partial charge in [0, 0.05) is 13.1 Å². The summed E-state index contributed by atoms with van der Waals surface area (Å²) in [6.07, 6.45) is 0. The molecule has 152 valence electrons. The smallest absolute Gasteiger partial charge is 0.0701 e. The molecule has 7 heteroatoms. The van der Waals surface area contributed by atoms with E-state index in [1.165, 1.54) is 0 Å². The summed E-state index contributed by atoms with van der Waals surface area (Å²) in [7, 11) is 0. The highest BCUT2D eigenvalue weighted by atomic mass is 16.6. The number of likely N-dealkylation sites (N-methyl/N-ethyl adjacent to an activating group) is 1. The highest BCUT2D eigenvalue weighted by Crippen LogP contribution is 1.86. The number of nitrogens with one attached hydrogen (secondary N) is 2. The van der Waals surface area contributed by atoms with Crippen LogP contribution in [0.25, 0.3) is 0 Å². The normalized spacial score (nSPS) is 11.5. The molecule has 0 rings (SSSR count). The van der Waals surface area contributed by atoms with Crippen molar-refractivity contribution in [2.75, 3.05) is 92.2 Å². The van der Waals surface area contributed by atoms with Gasteiger partial charge < -0.3 is 34.3 Å². The molecule has 0 amide bonds. The first-order chi connectivity index (χ1) is 12.3. The molecule has 0 aliphatic heterocycles. The van der Waals surface area contributed by atoms with Gasteiger partial charge in [0.2, 0.25) is 0 Å². The van der Waals surface area contributed by atoms with E-state index in [1.54, 1.807) is 0 Å². The predicted octanol–water partition coefficient (Wildman–Crippen LogP) is 0.925. The zero-order valence-corrected chi connectivity index (χ0v) is 16.5. The number of hydrogen-bond donors (Lipinski definition) is 2. The van der Waals surface area contributed by atoms with Crippen LogP contribution in [0.5, 0.6) is 0 Å². The number of hydrogen-bond acceptors (Lipinski definition) is 7. The Morgan fingerprint density at radius 3 is 1.28 bits per heavy atom. The largest absolute Gasteiger partial charge is 0.378 e. The van der Waals surface area contributed by atoms with Crippen LogP contribution in [-0.4, -0.2) is 92.2 Å². The van der Waals surface area contributed by atoms with Crippen LogP contribution in [0.1, 0.15) is 20.8 Å². The minimum Gasteiger partial charge on any atom is -0.378 e. The monoisotopic (exact) mass is 364 g/mol. The Balaban J connectivity index is 2.96.